The number of rotatable bonds is 7. The summed E-state index contributed by atoms with van der Waals surface area (Å²) >= 11 is 1.94. The molecule has 0 bridgehead atoms. The quantitative estimate of drug-likeness (QED) is 0.635. The van der Waals surface area contributed by atoms with Gasteiger partial charge in [-0.1, -0.05) is 13.8 Å². The number of thioether (sulfide) groups is 1. The second kappa shape index (κ2) is 15.6. The smallest absolute Gasteiger partial charge is 0.221 e. The monoisotopic (exact) mass is 436 g/mol. The van der Waals surface area contributed by atoms with Crippen LogP contribution in [0.1, 0.15) is 20.3 Å². The Hall–Kier alpha value is 0.570. The molecule has 0 spiro atoms. The highest BCUT2D eigenvalue weighted by atomic mass is 35.5. The van der Waals surface area contributed by atoms with Gasteiger partial charge >= 0.3 is 0 Å². The summed E-state index contributed by atoms with van der Waals surface area (Å²) in [5.74, 6) is 2.94. The Balaban J connectivity index is 0. The van der Waals surface area contributed by atoms with Crippen molar-refractivity contribution in [3.63, 3.8) is 0 Å². The SMILES string of the molecule is CCN1CCN(CC(C)CNC(=O)CC2CSCCN2)CC1.Cl.Cl.Cl. The first-order valence-corrected chi connectivity index (χ1v) is 9.85. The van der Waals surface area contributed by atoms with Gasteiger partial charge in [0.1, 0.15) is 0 Å². The normalized spacial score (nSPS) is 22.7. The molecule has 152 valence electrons. The fourth-order valence-electron chi connectivity index (χ4n) is 3.13. The zero-order chi connectivity index (χ0) is 15.8. The van der Waals surface area contributed by atoms with E-state index in [9.17, 15) is 4.79 Å². The molecule has 0 aromatic heterocycles. The minimum Gasteiger partial charge on any atom is -0.356 e. The molecular weight excluding hydrogens is 403 g/mol. The van der Waals surface area contributed by atoms with Crippen molar-refractivity contribution in [2.45, 2.75) is 26.3 Å². The van der Waals surface area contributed by atoms with Crippen LogP contribution in [-0.4, -0.2) is 85.6 Å². The van der Waals surface area contributed by atoms with Crippen molar-refractivity contribution >= 4 is 54.9 Å². The lowest BCUT2D eigenvalue weighted by molar-refractivity contribution is -0.121. The van der Waals surface area contributed by atoms with Crippen LogP contribution in [0.25, 0.3) is 0 Å². The number of halogens is 3. The number of carbonyl (C=O) groups excluding carboxylic acids is 1. The Morgan fingerprint density at radius 1 is 1.20 bits per heavy atom. The van der Waals surface area contributed by atoms with Gasteiger partial charge in [-0.15, -0.1) is 37.2 Å². The number of amides is 1. The second-order valence-corrected chi connectivity index (χ2v) is 7.72. The molecule has 0 aliphatic carbocycles. The Morgan fingerprint density at radius 3 is 2.40 bits per heavy atom. The lowest BCUT2D eigenvalue weighted by atomic mass is 10.1. The fourth-order valence-corrected chi connectivity index (χ4v) is 4.08. The Kier molecular flexibility index (Phi) is 17.4. The van der Waals surface area contributed by atoms with Gasteiger partial charge in [-0.25, -0.2) is 0 Å². The molecule has 0 aromatic rings. The first-order valence-electron chi connectivity index (χ1n) is 8.70. The molecule has 5 nitrogen and oxygen atoms in total. The van der Waals surface area contributed by atoms with E-state index in [1.807, 2.05) is 11.8 Å². The van der Waals surface area contributed by atoms with Crippen LogP contribution in [0.5, 0.6) is 0 Å². The highest BCUT2D eigenvalue weighted by Crippen LogP contribution is 2.10. The number of nitrogens with one attached hydrogen (secondary N) is 2. The van der Waals surface area contributed by atoms with E-state index in [2.05, 4.69) is 34.3 Å². The van der Waals surface area contributed by atoms with Crippen LogP contribution < -0.4 is 10.6 Å². The molecule has 2 atom stereocenters. The second-order valence-electron chi connectivity index (χ2n) is 6.57. The molecule has 2 aliphatic rings. The highest BCUT2D eigenvalue weighted by molar-refractivity contribution is 7.99. The third kappa shape index (κ3) is 11.1. The van der Waals surface area contributed by atoms with Crippen LogP contribution in [0.15, 0.2) is 0 Å². The van der Waals surface area contributed by atoms with Crippen LogP contribution >= 0.6 is 49.0 Å². The number of hydrogen-bond donors (Lipinski definition) is 2. The minimum absolute atomic E-state index is 0. The Bertz CT molecular complexity index is 341. The van der Waals surface area contributed by atoms with Gasteiger partial charge in [0.2, 0.25) is 5.91 Å². The van der Waals surface area contributed by atoms with E-state index in [0.29, 0.717) is 18.4 Å². The van der Waals surface area contributed by atoms with Gasteiger partial charge in [0, 0.05) is 69.8 Å². The third-order valence-electron chi connectivity index (χ3n) is 4.56. The summed E-state index contributed by atoms with van der Waals surface area (Å²) in [6, 6.07) is 0.358. The molecule has 0 aromatic carbocycles. The number of likely N-dealkylation sites (N-methyl/N-ethyl adjacent to an activating group) is 1. The molecule has 0 radical (unpaired) electrons. The Morgan fingerprint density at radius 2 is 1.84 bits per heavy atom. The molecule has 9 heteroatoms. The summed E-state index contributed by atoms with van der Waals surface area (Å²) < 4.78 is 0. The number of carbonyl (C=O) groups is 1. The van der Waals surface area contributed by atoms with Gasteiger partial charge in [0.05, 0.1) is 0 Å². The van der Waals surface area contributed by atoms with Crippen LogP contribution in [0.3, 0.4) is 0 Å². The summed E-state index contributed by atoms with van der Waals surface area (Å²) in [6.45, 7) is 13.2. The number of hydrogen-bond acceptors (Lipinski definition) is 5. The topological polar surface area (TPSA) is 47.6 Å². The molecule has 2 fully saturated rings. The number of nitrogens with zero attached hydrogens (tertiary/aromatic N) is 2. The van der Waals surface area contributed by atoms with Crippen molar-refractivity contribution in [3.05, 3.63) is 0 Å². The van der Waals surface area contributed by atoms with Gasteiger partial charge in [-0.3, -0.25) is 4.79 Å². The predicted molar refractivity (Wildman–Crippen MR) is 116 cm³/mol. The lowest BCUT2D eigenvalue weighted by Gasteiger charge is -2.35. The van der Waals surface area contributed by atoms with E-state index < -0.39 is 0 Å². The summed E-state index contributed by atoms with van der Waals surface area (Å²) in [5.41, 5.74) is 0. The maximum Gasteiger partial charge on any atom is 0.221 e. The lowest BCUT2D eigenvalue weighted by Crippen LogP contribution is -2.48. The highest BCUT2D eigenvalue weighted by Gasteiger charge is 2.19. The number of piperazine rings is 1. The first-order chi connectivity index (χ1) is 10.7. The van der Waals surface area contributed by atoms with E-state index in [0.717, 1.165) is 45.0 Å². The predicted octanol–water partition coefficient (Wildman–Crippen LogP) is 1.74. The van der Waals surface area contributed by atoms with E-state index in [1.165, 1.54) is 18.8 Å². The van der Waals surface area contributed by atoms with Gasteiger partial charge in [-0.05, 0) is 12.5 Å². The van der Waals surface area contributed by atoms with Gasteiger partial charge in [0.25, 0.3) is 0 Å². The van der Waals surface area contributed by atoms with Crippen molar-refractivity contribution in [2.24, 2.45) is 5.92 Å². The zero-order valence-corrected chi connectivity index (χ0v) is 18.6. The first kappa shape index (κ1) is 27.8. The molecule has 25 heavy (non-hydrogen) atoms. The molecule has 2 saturated heterocycles. The van der Waals surface area contributed by atoms with E-state index in [4.69, 9.17) is 0 Å². The molecular formula is C16H35Cl3N4OS. The van der Waals surface area contributed by atoms with Crippen LogP contribution in [0.2, 0.25) is 0 Å². The van der Waals surface area contributed by atoms with Crippen LogP contribution in [0, 0.1) is 5.92 Å². The largest absolute Gasteiger partial charge is 0.356 e. The molecule has 2 aliphatic heterocycles. The molecule has 2 N–H and O–H groups in total. The summed E-state index contributed by atoms with van der Waals surface area (Å²) in [7, 11) is 0. The maximum absolute atomic E-state index is 12.0. The van der Waals surface area contributed by atoms with Gasteiger partial charge in [-0.2, -0.15) is 11.8 Å². The molecule has 0 saturated carbocycles. The van der Waals surface area contributed by atoms with Gasteiger partial charge in [0.15, 0.2) is 0 Å². The molecule has 1 amide bonds. The average molecular weight is 438 g/mol. The summed E-state index contributed by atoms with van der Waals surface area (Å²) in [6.07, 6.45) is 0.620. The van der Waals surface area contributed by atoms with Crippen molar-refractivity contribution in [1.29, 1.82) is 0 Å². The van der Waals surface area contributed by atoms with Crippen molar-refractivity contribution in [2.75, 3.05) is 63.9 Å². The summed E-state index contributed by atoms with van der Waals surface area (Å²) in [5, 5.41) is 6.53. The maximum atomic E-state index is 12.0. The Labute approximate surface area is 176 Å². The van der Waals surface area contributed by atoms with E-state index in [-0.39, 0.29) is 43.1 Å². The molecule has 2 heterocycles. The van der Waals surface area contributed by atoms with Crippen molar-refractivity contribution in [3.8, 4) is 0 Å². The standard InChI is InChI=1S/C16H32N4OS.3ClH/c1-3-19-5-7-20(8-6-19)12-14(2)11-18-16(21)10-15-13-22-9-4-17-15;;;/h14-15,17H,3-13H2,1-2H3,(H,18,21);3*1H. The van der Waals surface area contributed by atoms with Crippen molar-refractivity contribution in [1.82, 2.24) is 20.4 Å². The molecule has 2 rings (SSSR count). The van der Waals surface area contributed by atoms with Crippen LogP contribution in [-0.2, 0) is 4.79 Å². The van der Waals surface area contributed by atoms with Gasteiger partial charge < -0.3 is 20.4 Å². The van der Waals surface area contributed by atoms with Crippen LogP contribution in [0.4, 0.5) is 0 Å². The average Bonchev–Trinajstić information content (AvgIpc) is 2.55. The molecule has 2 unspecified atom stereocenters. The van der Waals surface area contributed by atoms with Crippen molar-refractivity contribution < 1.29 is 4.79 Å². The van der Waals surface area contributed by atoms with E-state index >= 15 is 0 Å². The zero-order valence-electron chi connectivity index (χ0n) is 15.4. The third-order valence-corrected chi connectivity index (χ3v) is 5.69. The fraction of sp³-hybridized carbons (Fsp3) is 0.938. The minimum atomic E-state index is 0. The summed E-state index contributed by atoms with van der Waals surface area (Å²) in [4.78, 5) is 17.0. The van der Waals surface area contributed by atoms with E-state index in [1.54, 1.807) is 0 Å².